The van der Waals surface area contributed by atoms with Gasteiger partial charge in [-0.3, -0.25) is 4.90 Å². The first-order valence-corrected chi connectivity index (χ1v) is 8.46. The maximum absolute atomic E-state index is 11.4. The molecule has 2 aromatic rings. The molecule has 6 nitrogen and oxygen atoms in total. The zero-order valence-corrected chi connectivity index (χ0v) is 14.4. The number of carbonyl (C=O) groups is 1. The first kappa shape index (κ1) is 17.2. The highest BCUT2D eigenvalue weighted by molar-refractivity contribution is 5.93. The minimum atomic E-state index is -0.928. The number of aromatic nitrogens is 1. The summed E-state index contributed by atoms with van der Waals surface area (Å²) in [4.78, 5) is 20.2. The van der Waals surface area contributed by atoms with Gasteiger partial charge in [0.25, 0.3) is 0 Å². The van der Waals surface area contributed by atoms with E-state index < -0.39 is 5.97 Å². The van der Waals surface area contributed by atoms with E-state index in [0.717, 1.165) is 44.9 Å². The number of methoxy groups -OCH3 is 1. The molecule has 1 N–H and O–H groups in total. The number of aromatic carboxylic acids is 1. The molecule has 0 radical (unpaired) electrons. The lowest BCUT2D eigenvalue weighted by molar-refractivity contribution is 0.0697. The minimum absolute atomic E-state index is 0.270. The molecule has 0 spiro atoms. The van der Waals surface area contributed by atoms with Crippen LogP contribution < -0.4 is 9.64 Å². The van der Waals surface area contributed by atoms with Crippen LogP contribution in [0.15, 0.2) is 42.6 Å². The number of ether oxygens (including phenoxy) is 1. The number of benzene rings is 1. The van der Waals surface area contributed by atoms with Crippen LogP contribution in [-0.4, -0.2) is 54.2 Å². The highest BCUT2D eigenvalue weighted by Gasteiger charge is 2.20. The number of nitrogens with zero attached hydrogens (tertiary/aromatic N) is 3. The summed E-state index contributed by atoms with van der Waals surface area (Å²) in [6.07, 6.45) is 2.63. The van der Waals surface area contributed by atoms with Gasteiger partial charge in [0.1, 0.15) is 17.1 Å². The van der Waals surface area contributed by atoms with Crippen LogP contribution in [0.4, 0.5) is 5.82 Å². The third-order valence-corrected chi connectivity index (χ3v) is 4.47. The summed E-state index contributed by atoms with van der Waals surface area (Å²) in [5.41, 5.74) is 1.52. The van der Waals surface area contributed by atoms with Crippen molar-refractivity contribution < 1.29 is 14.6 Å². The van der Waals surface area contributed by atoms with Crippen molar-refractivity contribution in [3.05, 3.63) is 53.7 Å². The third-order valence-electron chi connectivity index (χ3n) is 4.47. The van der Waals surface area contributed by atoms with Crippen LogP contribution in [0, 0.1) is 0 Å². The van der Waals surface area contributed by atoms with Gasteiger partial charge in [0.2, 0.25) is 0 Å². The molecule has 6 heteroatoms. The number of rotatable bonds is 5. The molecule has 0 amide bonds. The van der Waals surface area contributed by atoms with E-state index in [1.807, 2.05) is 12.1 Å². The SMILES string of the molecule is COc1ccc(CN2CCCN(c3ncccc3C(=O)O)CC2)cc1. The van der Waals surface area contributed by atoms with Gasteiger partial charge in [-0.2, -0.15) is 0 Å². The van der Waals surface area contributed by atoms with E-state index in [1.165, 1.54) is 5.56 Å². The molecule has 1 aliphatic heterocycles. The average Bonchev–Trinajstić information content (AvgIpc) is 2.88. The molecule has 132 valence electrons. The first-order chi connectivity index (χ1) is 12.2. The Hall–Kier alpha value is -2.60. The molecule has 1 aliphatic rings. The molecule has 0 bridgehead atoms. The number of pyridine rings is 1. The summed E-state index contributed by atoms with van der Waals surface area (Å²) in [6.45, 7) is 4.33. The predicted molar refractivity (Wildman–Crippen MR) is 96.3 cm³/mol. The summed E-state index contributed by atoms with van der Waals surface area (Å²) in [6, 6.07) is 11.4. The highest BCUT2D eigenvalue weighted by atomic mass is 16.5. The standard InChI is InChI=1S/C19H23N3O3/c1-25-16-7-5-15(6-8-16)14-21-10-3-11-22(13-12-21)18-17(19(23)24)4-2-9-20-18/h2,4-9H,3,10-14H2,1H3,(H,23,24). The number of carboxylic acid groups (broad SMARTS) is 1. The molecule has 2 heterocycles. The lowest BCUT2D eigenvalue weighted by Crippen LogP contribution is -2.31. The van der Waals surface area contributed by atoms with Crippen LogP contribution in [0.3, 0.4) is 0 Å². The normalized spacial score (nSPS) is 15.6. The molecule has 0 atom stereocenters. The second-order valence-corrected chi connectivity index (χ2v) is 6.14. The maximum atomic E-state index is 11.4. The molecule has 1 saturated heterocycles. The van der Waals surface area contributed by atoms with Crippen molar-refractivity contribution in [3.63, 3.8) is 0 Å². The van der Waals surface area contributed by atoms with E-state index in [9.17, 15) is 9.90 Å². The van der Waals surface area contributed by atoms with Crippen LogP contribution in [0.1, 0.15) is 22.3 Å². The van der Waals surface area contributed by atoms with E-state index in [0.29, 0.717) is 5.82 Å². The van der Waals surface area contributed by atoms with Gasteiger partial charge in [0.05, 0.1) is 7.11 Å². The van der Waals surface area contributed by atoms with Gasteiger partial charge in [0, 0.05) is 38.9 Å². The van der Waals surface area contributed by atoms with Crippen LogP contribution in [0.2, 0.25) is 0 Å². The second-order valence-electron chi connectivity index (χ2n) is 6.14. The molecule has 0 unspecified atom stereocenters. The Morgan fingerprint density at radius 1 is 1.16 bits per heavy atom. The zero-order chi connectivity index (χ0) is 17.6. The van der Waals surface area contributed by atoms with Crippen LogP contribution in [0.25, 0.3) is 0 Å². The Morgan fingerprint density at radius 2 is 1.96 bits per heavy atom. The lowest BCUT2D eigenvalue weighted by Gasteiger charge is -2.23. The van der Waals surface area contributed by atoms with Gasteiger partial charge in [0.15, 0.2) is 0 Å². The molecule has 1 fully saturated rings. The first-order valence-electron chi connectivity index (χ1n) is 8.46. The number of hydrogen-bond donors (Lipinski definition) is 1. The van der Waals surface area contributed by atoms with E-state index in [-0.39, 0.29) is 5.56 Å². The largest absolute Gasteiger partial charge is 0.497 e. The van der Waals surface area contributed by atoms with Gasteiger partial charge in [-0.05, 0) is 36.2 Å². The molecular weight excluding hydrogens is 318 g/mol. The second kappa shape index (κ2) is 7.98. The fourth-order valence-electron chi connectivity index (χ4n) is 3.15. The summed E-state index contributed by atoms with van der Waals surface area (Å²) >= 11 is 0. The lowest BCUT2D eigenvalue weighted by atomic mass is 10.2. The summed E-state index contributed by atoms with van der Waals surface area (Å²) in [5, 5.41) is 9.37. The smallest absolute Gasteiger partial charge is 0.339 e. The monoisotopic (exact) mass is 341 g/mol. The van der Waals surface area contributed by atoms with Gasteiger partial charge in [-0.15, -0.1) is 0 Å². The van der Waals surface area contributed by atoms with Gasteiger partial charge < -0.3 is 14.7 Å². The van der Waals surface area contributed by atoms with Crippen molar-refractivity contribution in [2.75, 3.05) is 38.2 Å². The summed E-state index contributed by atoms with van der Waals surface area (Å²) in [7, 11) is 1.67. The topological polar surface area (TPSA) is 65.9 Å². The molecule has 25 heavy (non-hydrogen) atoms. The van der Waals surface area contributed by atoms with Gasteiger partial charge in [-0.1, -0.05) is 12.1 Å². The molecule has 0 saturated carbocycles. The van der Waals surface area contributed by atoms with Crippen molar-refractivity contribution in [1.29, 1.82) is 0 Å². The molecule has 3 rings (SSSR count). The number of carboxylic acids is 1. The Labute approximate surface area is 147 Å². The van der Waals surface area contributed by atoms with E-state index in [1.54, 1.807) is 25.4 Å². The van der Waals surface area contributed by atoms with Crippen LogP contribution >= 0.6 is 0 Å². The Kier molecular flexibility index (Phi) is 5.50. The zero-order valence-electron chi connectivity index (χ0n) is 14.4. The van der Waals surface area contributed by atoms with Gasteiger partial charge in [-0.25, -0.2) is 9.78 Å². The Balaban J connectivity index is 1.65. The number of anilines is 1. The maximum Gasteiger partial charge on any atom is 0.339 e. The van der Waals surface area contributed by atoms with Crippen LogP contribution in [-0.2, 0) is 6.54 Å². The van der Waals surface area contributed by atoms with Gasteiger partial charge >= 0.3 is 5.97 Å². The fourth-order valence-corrected chi connectivity index (χ4v) is 3.15. The minimum Gasteiger partial charge on any atom is -0.497 e. The Bertz CT molecular complexity index is 718. The highest BCUT2D eigenvalue weighted by Crippen LogP contribution is 2.20. The van der Waals surface area contributed by atoms with E-state index in [4.69, 9.17) is 4.74 Å². The molecular formula is C19H23N3O3. The van der Waals surface area contributed by atoms with Crippen molar-refractivity contribution in [1.82, 2.24) is 9.88 Å². The van der Waals surface area contributed by atoms with E-state index in [2.05, 4.69) is 26.9 Å². The van der Waals surface area contributed by atoms with Crippen molar-refractivity contribution in [3.8, 4) is 5.75 Å². The molecule has 1 aromatic heterocycles. The van der Waals surface area contributed by atoms with Crippen LogP contribution in [0.5, 0.6) is 5.75 Å². The van der Waals surface area contributed by atoms with Crippen molar-refractivity contribution in [2.45, 2.75) is 13.0 Å². The summed E-state index contributed by atoms with van der Waals surface area (Å²) < 4.78 is 5.20. The third kappa shape index (κ3) is 4.28. The van der Waals surface area contributed by atoms with Crippen molar-refractivity contribution in [2.24, 2.45) is 0 Å². The number of hydrogen-bond acceptors (Lipinski definition) is 5. The average molecular weight is 341 g/mol. The molecule has 1 aromatic carbocycles. The quantitative estimate of drug-likeness (QED) is 0.901. The summed E-state index contributed by atoms with van der Waals surface area (Å²) in [5.74, 6) is 0.505. The predicted octanol–water partition coefficient (Wildman–Crippen LogP) is 2.50. The van der Waals surface area contributed by atoms with E-state index >= 15 is 0 Å². The fraction of sp³-hybridized carbons (Fsp3) is 0.368. The van der Waals surface area contributed by atoms with Crippen molar-refractivity contribution >= 4 is 11.8 Å². The molecule has 0 aliphatic carbocycles. The Morgan fingerprint density at radius 3 is 2.68 bits per heavy atom.